The second kappa shape index (κ2) is 7.26. The molecule has 0 spiro atoms. The highest BCUT2D eigenvalue weighted by atomic mass is 15.3. The summed E-state index contributed by atoms with van der Waals surface area (Å²) in [5.41, 5.74) is 6.25. The van der Waals surface area contributed by atoms with E-state index in [0.29, 0.717) is 18.1 Å². The molecule has 0 aliphatic rings. The van der Waals surface area contributed by atoms with Crippen LogP contribution in [0.4, 0.5) is 11.6 Å². The Morgan fingerprint density at radius 3 is 2.61 bits per heavy atom. The van der Waals surface area contributed by atoms with Crippen molar-refractivity contribution in [3.8, 4) is 17.1 Å². The minimum absolute atomic E-state index is 0.655. The molecule has 2 N–H and O–H groups in total. The second-order valence-corrected chi connectivity index (χ2v) is 6.64. The summed E-state index contributed by atoms with van der Waals surface area (Å²) in [4.78, 5) is 8.71. The first-order valence-corrected chi connectivity index (χ1v) is 9.12. The third-order valence-electron chi connectivity index (χ3n) is 4.88. The molecule has 0 aliphatic heterocycles. The minimum Gasteiger partial charge on any atom is -0.323 e. The van der Waals surface area contributed by atoms with Crippen molar-refractivity contribution < 1.29 is 0 Å². The zero-order chi connectivity index (χ0) is 19.7. The summed E-state index contributed by atoms with van der Waals surface area (Å²) in [6, 6.07) is 12.0. The van der Waals surface area contributed by atoms with Crippen molar-refractivity contribution in [1.82, 2.24) is 29.9 Å². The van der Waals surface area contributed by atoms with Crippen LogP contribution in [0.2, 0.25) is 0 Å². The van der Waals surface area contributed by atoms with Crippen molar-refractivity contribution in [2.75, 3.05) is 5.32 Å². The molecule has 0 saturated carbocycles. The van der Waals surface area contributed by atoms with E-state index in [-0.39, 0.29) is 0 Å². The van der Waals surface area contributed by atoms with E-state index in [9.17, 15) is 0 Å². The summed E-state index contributed by atoms with van der Waals surface area (Å²) < 4.78 is 1.83. The third-order valence-corrected chi connectivity index (χ3v) is 4.88. The first kappa shape index (κ1) is 17.9. The number of hydrogen-bond acceptors (Lipinski definition) is 5. The molecule has 0 aliphatic carbocycles. The normalized spacial score (nSPS) is 11.0. The van der Waals surface area contributed by atoms with Gasteiger partial charge in [0.1, 0.15) is 12.1 Å². The van der Waals surface area contributed by atoms with Gasteiger partial charge in [0.05, 0.1) is 11.4 Å². The summed E-state index contributed by atoms with van der Waals surface area (Å²) in [6.45, 7) is 10.0. The van der Waals surface area contributed by atoms with Gasteiger partial charge in [0.2, 0.25) is 0 Å². The molecule has 3 aromatic heterocycles. The first-order valence-electron chi connectivity index (χ1n) is 9.12. The number of hydrogen-bond donors (Lipinski definition) is 2. The third kappa shape index (κ3) is 3.15. The SMILES string of the molecule is [CH2]Cc1c(C)nn(-c2cc(Nc3n[nH]c(-c4ccccc4)c3C)ncn2)c1C. The van der Waals surface area contributed by atoms with Gasteiger partial charge in [-0.05, 0) is 45.2 Å². The summed E-state index contributed by atoms with van der Waals surface area (Å²) in [5, 5.41) is 15.4. The number of nitrogens with one attached hydrogen (secondary N) is 2. The topological polar surface area (TPSA) is 84.3 Å². The molecule has 28 heavy (non-hydrogen) atoms. The Morgan fingerprint density at radius 1 is 1.11 bits per heavy atom. The smallest absolute Gasteiger partial charge is 0.159 e. The quantitative estimate of drug-likeness (QED) is 0.551. The lowest BCUT2D eigenvalue weighted by atomic mass is 10.1. The number of anilines is 2. The molecule has 0 bridgehead atoms. The van der Waals surface area contributed by atoms with Crippen LogP contribution in [0.1, 0.15) is 22.5 Å². The van der Waals surface area contributed by atoms with Crippen molar-refractivity contribution in [2.24, 2.45) is 0 Å². The maximum Gasteiger partial charge on any atom is 0.159 e. The van der Waals surface area contributed by atoms with E-state index in [1.54, 1.807) is 0 Å². The highest BCUT2D eigenvalue weighted by Gasteiger charge is 2.14. The van der Waals surface area contributed by atoms with Crippen LogP contribution < -0.4 is 5.32 Å². The van der Waals surface area contributed by atoms with Crippen molar-refractivity contribution >= 4 is 11.6 Å². The fourth-order valence-corrected chi connectivity index (χ4v) is 3.32. The highest BCUT2D eigenvalue weighted by molar-refractivity contribution is 5.70. The van der Waals surface area contributed by atoms with Crippen LogP contribution in [0.5, 0.6) is 0 Å². The monoisotopic (exact) mass is 372 g/mol. The Kier molecular flexibility index (Phi) is 4.65. The van der Waals surface area contributed by atoms with Crippen LogP contribution in [-0.2, 0) is 6.42 Å². The van der Waals surface area contributed by atoms with Crippen molar-refractivity contribution in [3.05, 3.63) is 72.2 Å². The number of nitrogens with zero attached hydrogens (tertiary/aromatic N) is 5. The second-order valence-electron chi connectivity index (χ2n) is 6.64. The van der Waals surface area contributed by atoms with Gasteiger partial charge in [-0.15, -0.1) is 0 Å². The predicted octanol–water partition coefficient (Wildman–Crippen LogP) is 4.10. The minimum atomic E-state index is 0.655. The van der Waals surface area contributed by atoms with Crippen LogP contribution in [-0.4, -0.2) is 29.9 Å². The summed E-state index contributed by atoms with van der Waals surface area (Å²) in [6.07, 6.45) is 2.22. The van der Waals surface area contributed by atoms with Crippen LogP contribution in [0, 0.1) is 27.7 Å². The van der Waals surface area contributed by atoms with Crippen molar-refractivity contribution in [2.45, 2.75) is 27.2 Å². The fraction of sp³-hybridized carbons (Fsp3) is 0.190. The van der Waals surface area contributed by atoms with Gasteiger partial charge in [-0.25, -0.2) is 14.6 Å². The predicted molar refractivity (Wildman–Crippen MR) is 110 cm³/mol. The molecular formula is C21H22N7. The first-order chi connectivity index (χ1) is 13.6. The van der Waals surface area contributed by atoms with Crippen LogP contribution >= 0.6 is 0 Å². The van der Waals surface area contributed by atoms with Crippen LogP contribution in [0.25, 0.3) is 17.1 Å². The molecule has 4 rings (SSSR count). The molecule has 0 amide bonds. The average Bonchev–Trinajstić information content (AvgIpc) is 3.21. The van der Waals surface area contributed by atoms with E-state index < -0.39 is 0 Å². The molecule has 3 heterocycles. The molecule has 0 saturated heterocycles. The van der Waals surface area contributed by atoms with E-state index in [1.165, 1.54) is 6.33 Å². The molecule has 1 radical (unpaired) electrons. The summed E-state index contributed by atoms with van der Waals surface area (Å²) in [5.74, 6) is 2.09. The van der Waals surface area contributed by atoms with Gasteiger partial charge in [0.25, 0.3) is 0 Å². The number of aromatic amines is 1. The number of aryl methyl sites for hydroxylation is 1. The van der Waals surface area contributed by atoms with E-state index in [4.69, 9.17) is 0 Å². The van der Waals surface area contributed by atoms with Crippen LogP contribution in [0.15, 0.2) is 42.7 Å². The Labute approximate surface area is 163 Å². The Morgan fingerprint density at radius 2 is 1.89 bits per heavy atom. The Hall–Kier alpha value is -3.48. The van der Waals surface area contributed by atoms with Gasteiger partial charge in [0, 0.05) is 17.3 Å². The van der Waals surface area contributed by atoms with E-state index in [0.717, 1.165) is 39.6 Å². The number of rotatable bonds is 5. The van der Waals surface area contributed by atoms with Gasteiger partial charge in [-0.1, -0.05) is 30.3 Å². The molecule has 0 fully saturated rings. The molecule has 0 atom stereocenters. The van der Waals surface area contributed by atoms with Crippen LogP contribution in [0.3, 0.4) is 0 Å². The Bertz CT molecular complexity index is 1110. The summed E-state index contributed by atoms with van der Waals surface area (Å²) in [7, 11) is 0. The lowest BCUT2D eigenvalue weighted by molar-refractivity contribution is 0.800. The van der Waals surface area contributed by atoms with Crippen molar-refractivity contribution in [3.63, 3.8) is 0 Å². The lowest BCUT2D eigenvalue weighted by Gasteiger charge is -2.07. The molecule has 1 aromatic carbocycles. The number of H-pyrrole nitrogens is 1. The largest absolute Gasteiger partial charge is 0.323 e. The van der Waals surface area contributed by atoms with E-state index >= 15 is 0 Å². The highest BCUT2D eigenvalue weighted by Crippen LogP contribution is 2.27. The maximum atomic E-state index is 4.60. The van der Waals surface area contributed by atoms with E-state index in [2.05, 4.69) is 49.6 Å². The fourth-order valence-electron chi connectivity index (χ4n) is 3.32. The molecule has 0 unspecified atom stereocenters. The zero-order valence-electron chi connectivity index (χ0n) is 16.2. The molecule has 4 aromatic rings. The van der Waals surface area contributed by atoms with Crippen molar-refractivity contribution in [1.29, 1.82) is 0 Å². The van der Waals surface area contributed by atoms with Gasteiger partial charge in [0.15, 0.2) is 11.6 Å². The summed E-state index contributed by atoms with van der Waals surface area (Å²) >= 11 is 0. The average molecular weight is 372 g/mol. The van der Waals surface area contributed by atoms with E-state index in [1.807, 2.05) is 49.7 Å². The van der Waals surface area contributed by atoms with Gasteiger partial charge in [-0.2, -0.15) is 10.2 Å². The molecule has 7 nitrogen and oxygen atoms in total. The van der Waals surface area contributed by atoms with Gasteiger partial charge >= 0.3 is 0 Å². The maximum absolute atomic E-state index is 4.60. The van der Waals surface area contributed by atoms with Gasteiger partial charge in [-0.3, -0.25) is 5.10 Å². The number of aromatic nitrogens is 6. The lowest BCUT2D eigenvalue weighted by Crippen LogP contribution is -2.05. The number of benzene rings is 1. The zero-order valence-corrected chi connectivity index (χ0v) is 16.2. The Balaban J connectivity index is 1.64. The molecule has 7 heteroatoms. The molecule has 141 valence electrons. The van der Waals surface area contributed by atoms with Gasteiger partial charge < -0.3 is 5.32 Å². The molecular weight excluding hydrogens is 350 g/mol. The standard InChI is InChI=1S/C21H22N7/c1-5-17-14(3)27-28(15(17)4)19-11-18(22-12-23-19)24-21-13(2)20(25-26-21)16-9-7-6-8-10-16/h6-12H,1,5H2,2-4H3,(H2,22,23,24,25,26).